The number of rotatable bonds is 4. The van der Waals surface area contributed by atoms with Gasteiger partial charge in [-0.3, -0.25) is 14.8 Å². The van der Waals surface area contributed by atoms with Crippen LogP contribution < -0.4 is 10.2 Å². The van der Waals surface area contributed by atoms with Gasteiger partial charge in [0.15, 0.2) is 17.5 Å². The Morgan fingerprint density at radius 1 is 1.17 bits per heavy atom. The van der Waals surface area contributed by atoms with E-state index >= 15 is 0 Å². The fourth-order valence-electron chi connectivity index (χ4n) is 3.86. The maximum Gasteiger partial charge on any atom is 0.247 e. The first-order valence-corrected chi connectivity index (χ1v) is 10.0. The number of nitrogens with zero attached hydrogens (tertiary/aromatic N) is 6. The topological polar surface area (TPSA) is 122 Å². The van der Waals surface area contributed by atoms with Gasteiger partial charge in [-0.25, -0.2) is 19.9 Å². The third-order valence-corrected chi connectivity index (χ3v) is 5.52. The van der Waals surface area contributed by atoms with Crippen LogP contribution in [0.15, 0.2) is 24.7 Å². The van der Waals surface area contributed by atoms with E-state index in [2.05, 4.69) is 30.5 Å². The number of aryl methyl sites for hydroxylation is 1. The first-order chi connectivity index (χ1) is 14.7. The summed E-state index contributed by atoms with van der Waals surface area (Å²) in [5.41, 5.74) is 3.04. The van der Waals surface area contributed by atoms with Gasteiger partial charge in [-0.1, -0.05) is 0 Å². The molecule has 2 N–H and O–H groups in total. The molecule has 30 heavy (non-hydrogen) atoms. The highest BCUT2D eigenvalue weighted by Crippen LogP contribution is 2.31. The van der Waals surface area contributed by atoms with Crippen LogP contribution >= 0.6 is 0 Å². The molecule has 3 aromatic rings. The van der Waals surface area contributed by atoms with Crippen molar-refractivity contribution in [2.75, 3.05) is 36.5 Å². The van der Waals surface area contributed by atoms with Gasteiger partial charge in [0.25, 0.3) is 0 Å². The van der Waals surface area contributed by atoms with Crippen LogP contribution in [0.5, 0.6) is 0 Å². The van der Waals surface area contributed by atoms with E-state index < -0.39 is 0 Å². The van der Waals surface area contributed by atoms with Gasteiger partial charge in [0.05, 0.1) is 18.4 Å². The number of fused-ring (bicyclic) bond motifs is 1. The third kappa shape index (κ3) is 3.50. The van der Waals surface area contributed by atoms with Gasteiger partial charge in [-0.05, 0) is 37.8 Å². The number of hydrogen-bond donors (Lipinski definition) is 2. The second kappa shape index (κ2) is 7.79. The summed E-state index contributed by atoms with van der Waals surface area (Å²) in [5, 5.41) is 9.76. The Morgan fingerprint density at radius 2 is 2.03 bits per heavy atom. The Bertz CT molecular complexity index is 1060. The van der Waals surface area contributed by atoms with Crippen molar-refractivity contribution >= 4 is 17.5 Å². The zero-order valence-corrected chi connectivity index (χ0v) is 16.6. The minimum Gasteiger partial charge on any atom is -0.381 e. The van der Waals surface area contributed by atoms with Crippen molar-refractivity contribution in [1.82, 2.24) is 30.1 Å². The predicted molar refractivity (Wildman–Crippen MR) is 110 cm³/mol. The first kappa shape index (κ1) is 18.6. The molecule has 10 nitrogen and oxygen atoms in total. The Hall–Kier alpha value is -3.40. The molecule has 1 fully saturated rings. The minimum atomic E-state index is 0.0101. The fraction of sp³-hybridized carbons (Fsp3) is 0.400. The number of aromatic nitrogens is 6. The SMILES string of the molecule is Cc1nc(-c2ncn[nH]2)ccc1-c1cnc2c(n1)N(CC1CCOCC1)C(=O)CN2. The number of nitrogens with one attached hydrogen (secondary N) is 2. The molecule has 0 radical (unpaired) electrons. The summed E-state index contributed by atoms with van der Waals surface area (Å²) in [6.45, 7) is 4.27. The van der Waals surface area contributed by atoms with E-state index in [1.807, 2.05) is 19.1 Å². The van der Waals surface area contributed by atoms with Crippen LogP contribution in [-0.4, -0.2) is 62.3 Å². The number of amides is 1. The quantitative estimate of drug-likeness (QED) is 0.673. The first-order valence-electron chi connectivity index (χ1n) is 10.0. The molecule has 2 aliphatic rings. The highest BCUT2D eigenvalue weighted by molar-refractivity contribution is 6.00. The van der Waals surface area contributed by atoms with Gasteiger partial charge in [-0.15, -0.1) is 0 Å². The van der Waals surface area contributed by atoms with Crippen LogP contribution in [0.4, 0.5) is 11.6 Å². The number of carbonyl (C=O) groups is 1. The summed E-state index contributed by atoms with van der Waals surface area (Å²) >= 11 is 0. The maximum atomic E-state index is 12.7. The van der Waals surface area contributed by atoms with Crippen molar-refractivity contribution in [1.29, 1.82) is 0 Å². The van der Waals surface area contributed by atoms with Gasteiger partial charge in [0.1, 0.15) is 12.0 Å². The van der Waals surface area contributed by atoms with Gasteiger partial charge >= 0.3 is 0 Å². The van der Waals surface area contributed by atoms with Crippen molar-refractivity contribution in [3.05, 3.63) is 30.4 Å². The van der Waals surface area contributed by atoms with E-state index in [1.54, 1.807) is 11.1 Å². The lowest BCUT2D eigenvalue weighted by atomic mass is 9.99. The lowest BCUT2D eigenvalue weighted by Crippen LogP contribution is -2.44. The summed E-state index contributed by atoms with van der Waals surface area (Å²) in [7, 11) is 0. The summed E-state index contributed by atoms with van der Waals surface area (Å²) in [4.78, 5) is 32.5. The molecule has 0 bridgehead atoms. The molecule has 1 saturated heterocycles. The van der Waals surface area contributed by atoms with E-state index in [1.165, 1.54) is 6.33 Å². The normalized spacial score (nSPS) is 17.0. The Balaban J connectivity index is 1.47. The summed E-state index contributed by atoms with van der Waals surface area (Å²) in [5.74, 6) is 2.24. The molecule has 1 amide bonds. The molecule has 10 heteroatoms. The van der Waals surface area contributed by atoms with Crippen LogP contribution in [0.1, 0.15) is 18.5 Å². The van der Waals surface area contributed by atoms with E-state index in [0.717, 1.165) is 37.3 Å². The van der Waals surface area contributed by atoms with Crippen LogP contribution in [0.2, 0.25) is 0 Å². The zero-order chi connectivity index (χ0) is 20.5. The molecular formula is C20H22N8O2. The van der Waals surface area contributed by atoms with Crippen LogP contribution in [0.25, 0.3) is 22.8 Å². The molecule has 2 aliphatic heterocycles. The molecule has 0 atom stereocenters. The molecule has 0 aromatic carbocycles. The van der Waals surface area contributed by atoms with Gasteiger partial charge < -0.3 is 10.1 Å². The van der Waals surface area contributed by atoms with Crippen molar-refractivity contribution in [3.63, 3.8) is 0 Å². The minimum absolute atomic E-state index is 0.0101. The van der Waals surface area contributed by atoms with Crippen molar-refractivity contribution < 1.29 is 9.53 Å². The highest BCUT2D eigenvalue weighted by Gasteiger charge is 2.30. The largest absolute Gasteiger partial charge is 0.381 e. The average molecular weight is 406 g/mol. The summed E-state index contributed by atoms with van der Waals surface area (Å²) in [6.07, 6.45) is 5.07. The van der Waals surface area contributed by atoms with E-state index in [0.29, 0.717) is 41.3 Å². The number of hydrogen-bond acceptors (Lipinski definition) is 8. The lowest BCUT2D eigenvalue weighted by molar-refractivity contribution is -0.117. The highest BCUT2D eigenvalue weighted by atomic mass is 16.5. The standard InChI is InChI=1S/C20H22N8O2/c1-12-14(2-3-15(25-12)18-23-11-24-27-18)16-8-21-19-20(26-16)28(17(29)9-22-19)10-13-4-6-30-7-5-13/h2-3,8,11,13H,4-7,9-10H2,1H3,(H,21,22)(H,23,24,27). The smallest absolute Gasteiger partial charge is 0.247 e. The molecule has 0 unspecified atom stereocenters. The molecule has 0 aliphatic carbocycles. The Labute approximate surface area is 173 Å². The van der Waals surface area contributed by atoms with E-state index in [-0.39, 0.29) is 12.5 Å². The van der Waals surface area contributed by atoms with Crippen molar-refractivity contribution in [3.8, 4) is 22.8 Å². The second-order valence-corrected chi connectivity index (χ2v) is 7.50. The molecule has 5 rings (SSSR count). The molecule has 0 spiro atoms. The molecule has 3 aromatic heterocycles. The Morgan fingerprint density at radius 3 is 2.80 bits per heavy atom. The van der Waals surface area contributed by atoms with Crippen molar-refractivity contribution in [2.24, 2.45) is 5.92 Å². The Kier molecular flexibility index (Phi) is 4.83. The number of H-pyrrole nitrogens is 1. The van der Waals surface area contributed by atoms with Crippen LogP contribution in [0, 0.1) is 12.8 Å². The second-order valence-electron chi connectivity index (χ2n) is 7.50. The average Bonchev–Trinajstić information content (AvgIpc) is 3.31. The summed E-state index contributed by atoms with van der Waals surface area (Å²) in [6, 6.07) is 3.81. The van der Waals surface area contributed by atoms with E-state index in [4.69, 9.17) is 9.72 Å². The lowest BCUT2D eigenvalue weighted by Gasteiger charge is -2.33. The van der Waals surface area contributed by atoms with Gasteiger partial charge in [0.2, 0.25) is 5.91 Å². The number of carbonyl (C=O) groups excluding carboxylic acids is 1. The summed E-state index contributed by atoms with van der Waals surface area (Å²) < 4.78 is 5.45. The molecular weight excluding hydrogens is 384 g/mol. The number of ether oxygens (including phenoxy) is 1. The van der Waals surface area contributed by atoms with Crippen LogP contribution in [-0.2, 0) is 9.53 Å². The van der Waals surface area contributed by atoms with E-state index in [9.17, 15) is 4.79 Å². The zero-order valence-electron chi connectivity index (χ0n) is 16.6. The van der Waals surface area contributed by atoms with Crippen LogP contribution in [0.3, 0.4) is 0 Å². The molecule has 154 valence electrons. The number of aromatic amines is 1. The molecule has 0 saturated carbocycles. The van der Waals surface area contributed by atoms with Gasteiger partial charge in [-0.2, -0.15) is 5.10 Å². The monoisotopic (exact) mass is 406 g/mol. The number of pyridine rings is 1. The van der Waals surface area contributed by atoms with Crippen molar-refractivity contribution in [2.45, 2.75) is 19.8 Å². The molecule has 5 heterocycles. The predicted octanol–water partition coefficient (Wildman–Crippen LogP) is 1.82. The number of anilines is 2. The fourth-order valence-corrected chi connectivity index (χ4v) is 3.86. The maximum absolute atomic E-state index is 12.7. The van der Waals surface area contributed by atoms with Gasteiger partial charge in [0, 0.05) is 31.0 Å². The third-order valence-electron chi connectivity index (χ3n) is 5.52.